The van der Waals surface area contributed by atoms with Crippen LogP contribution in [0.5, 0.6) is 0 Å². The Kier molecular flexibility index (Phi) is 4.69. The molecular weight excluding hydrogens is 244 g/mol. The lowest BCUT2D eigenvalue weighted by atomic mass is 10.0. The molecule has 0 spiro atoms. The van der Waals surface area contributed by atoms with E-state index < -0.39 is 5.54 Å². The molecule has 0 aliphatic heterocycles. The van der Waals surface area contributed by atoms with Crippen LogP contribution in [-0.2, 0) is 4.79 Å². The van der Waals surface area contributed by atoms with Gasteiger partial charge in [-0.25, -0.2) is 0 Å². The quantitative estimate of drug-likeness (QED) is 0.742. The van der Waals surface area contributed by atoms with Crippen molar-refractivity contribution in [2.24, 2.45) is 5.73 Å². The van der Waals surface area contributed by atoms with Gasteiger partial charge in [-0.15, -0.1) is 10.2 Å². The van der Waals surface area contributed by atoms with Crippen LogP contribution in [-0.4, -0.2) is 33.4 Å². The summed E-state index contributed by atoms with van der Waals surface area (Å²) in [7, 11) is 0. The van der Waals surface area contributed by atoms with E-state index >= 15 is 0 Å². The van der Waals surface area contributed by atoms with Gasteiger partial charge in [0.1, 0.15) is 11.0 Å². The van der Waals surface area contributed by atoms with E-state index in [1.807, 2.05) is 20.8 Å². The maximum absolute atomic E-state index is 11.4. The predicted molar refractivity (Wildman–Crippen MR) is 66.5 cm³/mol. The highest BCUT2D eigenvalue weighted by atomic mass is 32.2. The van der Waals surface area contributed by atoms with E-state index in [-0.39, 0.29) is 11.9 Å². The minimum atomic E-state index is -0.718. The summed E-state index contributed by atoms with van der Waals surface area (Å²) in [6.07, 6.45) is 0. The first-order valence-electron chi connectivity index (χ1n) is 4.90. The molecule has 0 saturated carbocycles. The van der Waals surface area contributed by atoms with Crippen molar-refractivity contribution in [3.63, 3.8) is 0 Å². The highest BCUT2D eigenvalue weighted by molar-refractivity contribution is 8.01. The number of thioether (sulfide) groups is 1. The van der Waals surface area contributed by atoms with Gasteiger partial charge in [-0.05, 0) is 20.8 Å². The van der Waals surface area contributed by atoms with Crippen molar-refractivity contribution in [2.45, 2.75) is 36.7 Å². The van der Waals surface area contributed by atoms with Crippen molar-refractivity contribution < 1.29 is 4.79 Å². The van der Waals surface area contributed by atoms with Gasteiger partial charge < -0.3 is 11.1 Å². The monoisotopic (exact) mass is 260 g/mol. The van der Waals surface area contributed by atoms with Crippen LogP contribution in [0.4, 0.5) is 0 Å². The van der Waals surface area contributed by atoms with Crippen LogP contribution in [0.3, 0.4) is 0 Å². The lowest BCUT2D eigenvalue weighted by Crippen LogP contribution is -2.57. The summed E-state index contributed by atoms with van der Waals surface area (Å²) in [6.45, 7) is 5.77. The standard InChI is InChI=1S/C9H16N4OS2/c1-6(2)12-9(3,7(10)14)4-15-8-13-11-5-16-8/h5-6,12H,4H2,1-3H3,(H2,10,14). The van der Waals surface area contributed by atoms with Gasteiger partial charge in [0, 0.05) is 11.8 Å². The van der Waals surface area contributed by atoms with Crippen LogP contribution < -0.4 is 11.1 Å². The van der Waals surface area contributed by atoms with Crippen LogP contribution >= 0.6 is 23.1 Å². The highest BCUT2D eigenvalue weighted by Gasteiger charge is 2.31. The topological polar surface area (TPSA) is 80.9 Å². The molecule has 0 saturated heterocycles. The van der Waals surface area contributed by atoms with Crippen molar-refractivity contribution in [1.29, 1.82) is 0 Å². The number of carbonyl (C=O) groups is 1. The second-order valence-corrected chi connectivity index (χ2v) is 6.04. The molecule has 1 unspecified atom stereocenters. The number of nitrogens with two attached hydrogens (primary N) is 1. The number of carbonyl (C=O) groups excluding carboxylic acids is 1. The zero-order valence-corrected chi connectivity index (χ0v) is 11.2. The molecule has 0 bridgehead atoms. The first-order valence-corrected chi connectivity index (χ1v) is 6.77. The second kappa shape index (κ2) is 5.60. The third-order valence-electron chi connectivity index (χ3n) is 1.98. The van der Waals surface area contributed by atoms with Gasteiger partial charge >= 0.3 is 0 Å². The van der Waals surface area contributed by atoms with Gasteiger partial charge in [-0.3, -0.25) is 4.79 Å². The molecule has 5 nitrogen and oxygen atoms in total. The molecule has 1 rings (SSSR count). The first-order chi connectivity index (χ1) is 7.44. The van der Waals surface area contributed by atoms with E-state index in [1.54, 1.807) is 5.51 Å². The minimum Gasteiger partial charge on any atom is -0.368 e. The number of hydrogen-bond donors (Lipinski definition) is 2. The zero-order chi connectivity index (χ0) is 12.2. The van der Waals surface area contributed by atoms with Crippen LogP contribution in [0.1, 0.15) is 20.8 Å². The summed E-state index contributed by atoms with van der Waals surface area (Å²) in [4.78, 5) is 11.4. The Bertz CT molecular complexity index is 341. The Balaban J connectivity index is 2.61. The van der Waals surface area contributed by atoms with E-state index in [0.717, 1.165) is 4.34 Å². The van der Waals surface area contributed by atoms with Gasteiger partial charge in [-0.1, -0.05) is 23.1 Å². The fourth-order valence-electron chi connectivity index (χ4n) is 1.25. The number of hydrogen-bond acceptors (Lipinski definition) is 6. The number of nitrogens with one attached hydrogen (secondary N) is 1. The van der Waals surface area contributed by atoms with Gasteiger partial charge in [0.25, 0.3) is 0 Å². The molecule has 1 heterocycles. The molecule has 0 radical (unpaired) electrons. The average Bonchev–Trinajstić information content (AvgIpc) is 2.65. The summed E-state index contributed by atoms with van der Waals surface area (Å²) in [6, 6.07) is 0.201. The maximum atomic E-state index is 11.4. The Morgan fingerprint density at radius 2 is 2.44 bits per heavy atom. The third-order valence-corrected chi connectivity index (χ3v) is 4.15. The Labute approximate surface area is 103 Å². The molecule has 16 heavy (non-hydrogen) atoms. The molecule has 90 valence electrons. The summed E-state index contributed by atoms with van der Waals surface area (Å²) >= 11 is 2.94. The number of amides is 1. The predicted octanol–water partition coefficient (Wildman–Crippen LogP) is 0.872. The third kappa shape index (κ3) is 3.73. The largest absolute Gasteiger partial charge is 0.368 e. The molecular formula is C9H16N4OS2. The van der Waals surface area contributed by atoms with Crippen LogP contribution in [0.15, 0.2) is 9.85 Å². The molecule has 3 N–H and O–H groups in total. The van der Waals surface area contributed by atoms with Gasteiger partial charge in [0.15, 0.2) is 4.34 Å². The smallest absolute Gasteiger partial charge is 0.238 e. The van der Waals surface area contributed by atoms with Crippen LogP contribution in [0.25, 0.3) is 0 Å². The molecule has 1 amide bonds. The summed E-state index contributed by atoms with van der Waals surface area (Å²) in [5, 5.41) is 10.8. The highest BCUT2D eigenvalue weighted by Crippen LogP contribution is 2.23. The number of nitrogens with zero attached hydrogens (tertiary/aromatic N) is 2. The lowest BCUT2D eigenvalue weighted by molar-refractivity contribution is -0.123. The molecule has 0 fully saturated rings. The molecule has 1 atom stereocenters. The lowest BCUT2D eigenvalue weighted by Gasteiger charge is -2.28. The molecule has 0 aliphatic carbocycles. The van der Waals surface area contributed by atoms with Gasteiger partial charge in [0.2, 0.25) is 5.91 Å². The Hall–Kier alpha value is -0.660. The van der Waals surface area contributed by atoms with Gasteiger partial charge in [-0.2, -0.15) is 0 Å². The summed E-state index contributed by atoms with van der Waals surface area (Å²) in [5.41, 5.74) is 6.36. The number of rotatable bonds is 6. The molecule has 0 aromatic carbocycles. The number of primary amides is 1. The summed E-state index contributed by atoms with van der Waals surface area (Å²) < 4.78 is 0.845. The van der Waals surface area contributed by atoms with Crippen molar-refractivity contribution in [1.82, 2.24) is 15.5 Å². The summed E-state index contributed by atoms with van der Waals surface area (Å²) in [5.74, 6) is 0.202. The maximum Gasteiger partial charge on any atom is 0.238 e. The number of aromatic nitrogens is 2. The normalized spacial score (nSPS) is 15.0. The van der Waals surface area contributed by atoms with Crippen molar-refractivity contribution in [3.05, 3.63) is 5.51 Å². The average molecular weight is 260 g/mol. The fraction of sp³-hybridized carbons (Fsp3) is 0.667. The Morgan fingerprint density at radius 1 is 1.75 bits per heavy atom. The SMILES string of the molecule is CC(C)NC(C)(CSc1nncs1)C(N)=O. The fourth-order valence-corrected chi connectivity index (χ4v) is 2.85. The molecule has 7 heteroatoms. The van der Waals surface area contributed by atoms with E-state index in [2.05, 4.69) is 15.5 Å². The van der Waals surface area contributed by atoms with E-state index in [4.69, 9.17) is 5.73 Å². The van der Waals surface area contributed by atoms with E-state index in [1.165, 1.54) is 23.1 Å². The Morgan fingerprint density at radius 3 is 2.88 bits per heavy atom. The van der Waals surface area contributed by atoms with Crippen LogP contribution in [0, 0.1) is 0 Å². The van der Waals surface area contributed by atoms with Crippen LogP contribution in [0.2, 0.25) is 0 Å². The van der Waals surface area contributed by atoms with E-state index in [9.17, 15) is 4.79 Å². The van der Waals surface area contributed by atoms with E-state index in [0.29, 0.717) is 5.75 Å². The molecule has 1 aromatic heterocycles. The zero-order valence-electron chi connectivity index (χ0n) is 9.56. The minimum absolute atomic E-state index is 0.201. The van der Waals surface area contributed by atoms with Crippen molar-refractivity contribution in [3.8, 4) is 0 Å². The van der Waals surface area contributed by atoms with Gasteiger partial charge in [0.05, 0.1) is 0 Å². The molecule has 0 aliphatic rings. The first kappa shape index (κ1) is 13.4. The van der Waals surface area contributed by atoms with Crippen molar-refractivity contribution in [2.75, 3.05) is 5.75 Å². The second-order valence-electron chi connectivity index (χ2n) is 3.99. The molecule has 1 aromatic rings. The van der Waals surface area contributed by atoms with Crippen molar-refractivity contribution >= 4 is 29.0 Å².